The first-order valence-corrected chi connectivity index (χ1v) is 7.57. The van der Waals surface area contributed by atoms with Gasteiger partial charge in [-0.2, -0.15) is 14.0 Å². The summed E-state index contributed by atoms with van der Waals surface area (Å²) in [5, 5.41) is 11.6. The normalized spacial score (nSPS) is 11.4. The Balaban J connectivity index is 2.45. The molecule has 8 heteroatoms. The summed E-state index contributed by atoms with van der Waals surface area (Å²) >= 11 is 7.31. The minimum atomic E-state index is -3.02. The van der Waals surface area contributed by atoms with E-state index in [2.05, 4.69) is 15.8 Å². The van der Waals surface area contributed by atoms with Crippen molar-refractivity contribution in [2.45, 2.75) is 13.5 Å². The van der Waals surface area contributed by atoms with Crippen LogP contribution in [0.2, 0.25) is 5.02 Å². The quantitative estimate of drug-likeness (QED) is 0.723. The van der Waals surface area contributed by atoms with Crippen molar-refractivity contribution in [3.63, 3.8) is 0 Å². The third-order valence-corrected chi connectivity index (χ3v) is 4.01. The van der Waals surface area contributed by atoms with Crippen molar-refractivity contribution in [1.82, 2.24) is 4.98 Å². The summed E-state index contributed by atoms with van der Waals surface area (Å²) in [7, 11) is 1.31. The zero-order valence-corrected chi connectivity index (χ0v) is 13.7. The fourth-order valence-corrected chi connectivity index (χ4v) is 2.84. The number of allylic oxidation sites excluding steroid dienone is 1. The predicted molar refractivity (Wildman–Crippen MR) is 85.0 cm³/mol. The number of ether oxygens (including phenoxy) is 2. The molecule has 0 atom stereocenters. The molecule has 0 saturated carbocycles. The highest BCUT2D eigenvalue weighted by atomic mass is 35.5. The first-order chi connectivity index (χ1) is 10.9. The third-order valence-electron chi connectivity index (χ3n) is 2.74. The van der Waals surface area contributed by atoms with Crippen LogP contribution < -0.4 is 9.47 Å². The van der Waals surface area contributed by atoms with Crippen LogP contribution in [0.15, 0.2) is 17.5 Å². The van der Waals surface area contributed by atoms with E-state index in [1.54, 1.807) is 6.08 Å². The Bertz CT molecular complexity index is 784. The zero-order chi connectivity index (χ0) is 17.0. The molecular formula is C15H11ClF2N2O2S. The number of nitrogens with zero attached hydrogens (tertiary/aromatic N) is 2. The Hall–Kier alpha value is -2.17. The molecule has 4 nitrogen and oxygen atoms in total. The van der Waals surface area contributed by atoms with Gasteiger partial charge in [0.25, 0.3) is 0 Å². The SMILES string of the molecule is COc1cc(/C=C(\C#N)c2nc(C)cs2)cc(Cl)c1OC(F)F. The monoisotopic (exact) mass is 356 g/mol. The molecule has 0 unspecified atom stereocenters. The van der Waals surface area contributed by atoms with Gasteiger partial charge < -0.3 is 9.47 Å². The van der Waals surface area contributed by atoms with E-state index in [9.17, 15) is 14.0 Å². The van der Waals surface area contributed by atoms with Gasteiger partial charge >= 0.3 is 6.61 Å². The molecule has 2 aromatic rings. The van der Waals surface area contributed by atoms with Crippen LogP contribution in [0.5, 0.6) is 11.5 Å². The summed E-state index contributed by atoms with van der Waals surface area (Å²) in [4.78, 5) is 4.24. The van der Waals surface area contributed by atoms with Crippen LogP contribution in [0, 0.1) is 18.3 Å². The Morgan fingerprint density at radius 2 is 2.22 bits per heavy atom. The van der Waals surface area contributed by atoms with Gasteiger partial charge in [0.15, 0.2) is 11.5 Å². The molecule has 23 heavy (non-hydrogen) atoms. The lowest BCUT2D eigenvalue weighted by atomic mass is 10.1. The van der Waals surface area contributed by atoms with Crippen molar-refractivity contribution in [1.29, 1.82) is 5.26 Å². The maximum absolute atomic E-state index is 12.4. The number of halogens is 3. The third kappa shape index (κ3) is 4.18. The van der Waals surface area contributed by atoms with E-state index >= 15 is 0 Å². The van der Waals surface area contributed by atoms with Crippen LogP contribution in [0.25, 0.3) is 11.6 Å². The van der Waals surface area contributed by atoms with E-state index in [0.29, 0.717) is 16.1 Å². The van der Waals surface area contributed by atoms with Crippen LogP contribution in [0.4, 0.5) is 8.78 Å². The van der Waals surface area contributed by atoms with Crippen LogP contribution in [0.3, 0.4) is 0 Å². The van der Waals surface area contributed by atoms with Crippen molar-refractivity contribution in [3.05, 3.63) is 38.8 Å². The maximum atomic E-state index is 12.4. The Labute approximate surface area is 140 Å². The first kappa shape index (κ1) is 17.2. The predicted octanol–water partition coefficient (Wildman–Crippen LogP) is 4.78. The average Bonchev–Trinajstić information content (AvgIpc) is 2.93. The number of hydrogen-bond donors (Lipinski definition) is 0. The van der Waals surface area contributed by atoms with Crippen molar-refractivity contribution < 1.29 is 18.3 Å². The molecule has 0 fully saturated rings. The minimum Gasteiger partial charge on any atom is -0.493 e. The summed E-state index contributed by atoms with van der Waals surface area (Å²) in [6, 6.07) is 4.93. The van der Waals surface area contributed by atoms with E-state index in [1.165, 1.54) is 30.6 Å². The highest BCUT2D eigenvalue weighted by molar-refractivity contribution is 7.11. The summed E-state index contributed by atoms with van der Waals surface area (Å²) in [6.07, 6.45) is 1.55. The van der Waals surface area contributed by atoms with E-state index < -0.39 is 6.61 Å². The highest BCUT2D eigenvalue weighted by Crippen LogP contribution is 2.38. The topological polar surface area (TPSA) is 55.1 Å². The molecule has 0 bridgehead atoms. The number of methoxy groups -OCH3 is 1. The number of thiazole rings is 1. The molecule has 1 heterocycles. The lowest BCUT2D eigenvalue weighted by molar-refractivity contribution is -0.0511. The van der Waals surface area contributed by atoms with Gasteiger partial charge in [0, 0.05) is 11.1 Å². The van der Waals surface area contributed by atoms with Crippen LogP contribution in [-0.2, 0) is 0 Å². The molecule has 1 aromatic heterocycles. The van der Waals surface area contributed by atoms with E-state index in [0.717, 1.165) is 5.69 Å². The van der Waals surface area contributed by atoms with Crippen molar-refractivity contribution in [2.75, 3.05) is 7.11 Å². The standard InChI is InChI=1S/C15H11ClF2N2O2S/c1-8-7-23-14(20-8)10(6-19)3-9-4-11(16)13(22-15(17)18)12(5-9)21-2/h3-5,7,15H,1-2H3/b10-3+. The van der Waals surface area contributed by atoms with Crippen LogP contribution >= 0.6 is 22.9 Å². The lowest BCUT2D eigenvalue weighted by Gasteiger charge is -2.12. The largest absolute Gasteiger partial charge is 0.493 e. The molecule has 0 aliphatic carbocycles. The average molecular weight is 357 g/mol. The van der Waals surface area contributed by atoms with Crippen molar-refractivity contribution >= 4 is 34.6 Å². The smallest absolute Gasteiger partial charge is 0.387 e. The second kappa shape index (κ2) is 7.40. The van der Waals surface area contributed by atoms with E-state index in [1.807, 2.05) is 12.3 Å². The fourth-order valence-electron chi connectivity index (χ4n) is 1.81. The van der Waals surface area contributed by atoms with Gasteiger partial charge in [-0.1, -0.05) is 11.6 Å². The highest BCUT2D eigenvalue weighted by Gasteiger charge is 2.16. The number of aryl methyl sites for hydroxylation is 1. The second-order valence-corrected chi connectivity index (χ2v) is 5.64. The Morgan fingerprint density at radius 3 is 2.74 bits per heavy atom. The molecule has 0 radical (unpaired) electrons. The zero-order valence-electron chi connectivity index (χ0n) is 12.1. The molecule has 0 aliphatic heterocycles. The van der Waals surface area contributed by atoms with Gasteiger partial charge in [-0.15, -0.1) is 11.3 Å². The number of hydrogen-bond acceptors (Lipinski definition) is 5. The van der Waals surface area contributed by atoms with E-state index in [-0.39, 0.29) is 16.5 Å². The van der Waals surface area contributed by atoms with Gasteiger partial charge in [0.1, 0.15) is 11.1 Å². The van der Waals surface area contributed by atoms with Crippen molar-refractivity contribution in [3.8, 4) is 17.6 Å². The number of rotatable bonds is 5. The second-order valence-electron chi connectivity index (χ2n) is 4.38. The first-order valence-electron chi connectivity index (χ1n) is 6.31. The van der Waals surface area contributed by atoms with Crippen LogP contribution in [-0.4, -0.2) is 18.7 Å². The van der Waals surface area contributed by atoms with Gasteiger partial charge in [-0.3, -0.25) is 0 Å². The molecule has 120 valence electrons. The van der Waals surface area contributed by atoms with Gasteiger partial charge in [0.05, 0.1) is 17.7 Å². The molecule has 2 rings (SSSR count). The molecule has 0 saturated heterocycles. The minimum absolute atomic E-state index is 0.0384. The number of benzene rings is 1. The molecule has 1 aromatic carbocycles. The van der Waals surface area contributed by atoms with Crippen LogP contribution in [0.1, 0.15) is 16.3 Å². The number of nitriles is 1. The summed E-state index contributed by atoms with van der Waals surface area (Å²) < 4.78 is 34.2. The van der Waals surface area contributed by atoms with Crippen molar-refractivity contribution in [2.24, 2.45) is 0 Å². The van der Waals surface area contributed by atoms with Gasteiger partial charge in [-0.25, -0.2) is 4.98 Å². The maximum Gasteiger partial charge on any atom is 0.387 e. The summed E-state index contributed by atoms with van der Waals surface area (Å²) in [6.45, 7) is -1.19. The number of alkyl halides is 2. The fraction of sp³-hybridized carbons (Fsp3) is 0.200. The van der Waals surface area contributed by atoms with E-state index in [4.69, 9.17) is 16.3 Å². The molecule has 0 spiro atoms. The lowest BCUT2D eigenvalue weighted by Crippen LogP contribution is -2.04. The summed E-state index contributed by atoms with van der Waals surface area (Å²) in [5.74, 6) is -0.193. The molecule has 0 amide bonds. The summed E-state index contributed by atoms with van der Waals surface area (Å²) in [5.41, 5.74) is 1.66. The molecule has 0 aliphatic rings. The van der Waals surface area contributed by atoms with Gasteiger partial charge in [-0.05, 0) is 30.7 Å². The molecular weight excluding hydrogens is 346 g/mol. The molecule has 0 N–H and O–H groups in total. The number of aromatic nitrogens is 1. The van der Waals surface area contributed by atoms with Gasteiger partial charge in [0.2, 0.25) is 0 Å². The Kier molecular flexibility index (Phi) is 5.53. The Morgan fingerprint density at radius 1 is 1.48 bits per heavy atom.